The number of nitrogens with two attached hydrogens (primary N) is 1. The Kier molecular flexibility index (Phi) is 3.04. The van der Waals surface area contributed by atoms with Gasteiger partial charge in [0.2, 0.25) is 0 Å². The lowest BCUT2D eigenvalue weighted by Gasteiger charge is -2.19. The minimum atomic E-state index is 0.142. The molecule has 0 spiro atoms. The van der Waals surface area contributed by atoms with Crippen LogP contribution in [0.3, 0.4) is 0 Å². The topological polar surface area (TPSA) is 65.1 Å². The third kappa shape index (κ3) is 2.19. The minimum Gasteiger partial charge on any atom is -0.378 e. The fraction of sp³-hybridized carbons (Fsp3) is 0.700. The van der Waals surface area contributed by atoms with Crippen molar-refractivity contribution in [3.8, 4) is 0 Å². The van der Waals surface area contributed by atoms with Gasteiger partial charge in [0.1, 0.15) is 0 Å². The first-order chi connectivity index (χ1) is 7.20. The van der Waals surface area contributed by atoms with Crippen LogP contribution in [0.4, 0.5) is 0 Å². The largest absolute Gasteiger partial charge is 0.378 e. The maximum atomic E-state index is 5.60. The lowest BCUT2D eigenvalue weighted by atomic mass is 9.93. The molecule has 3 atom stereocenters. The van der Waals surface area contributed by atoms with Gasteiger partial charge in [0.15, 0.2) is 0 Å². The molecule has 1 aromatic heterocycles. The molecule has 1 saturated heterocycles. The molecular formula is C10H18N4O. The average molecular weight is 210 g/mol. The molecule has 1 fully saturated rings. The quantitative estimate of drug-likeness (QED) is 0.558. The summed E-state index contributed by atoms with van der Waals surface area (Å²) in [6.45, 7) is 2.86. The predicted molar refractivity (Wildman–Crippen MR) is 56.8 cm³/mol. The number of hydrazine groups is 1. The van der Waals surface area contributed by atoms with E-state index in [-0.39, 0.29) is 6.04 Å². The highest BCUT2D eigenvalue weighted by Crippen LogP contribution is 2.30. The Morgan fingerprint density at radius 1 is 1.73 bits per heavy atom. The summed E-state index contributed by atoms with van der Waals surface area (Å²) in [5.74, 6) is 6.04. The fourth-order valence-corrected chi connectivity index (χ4v) is 2.19. The third-order valence-corrected chi connectivity index (χ3v) is 2.96. The SMILES string of the molecule is CC1CC(C(NN)c2cnn(C)c2)CO1. The van der Waals surface area contributed by atoms with E-state index in [4.69, 9.17) is 10.6 Å². The Hall–Kier alpha value is -0.910. The number of nitrogens with zero attached hydrogens (tertiary/aromatic N) is 2. The highest BCUT2D eigenvalue weighted by molar-refractivity contribution is 5.12. The van der Waals surface area contributed by atoms with Crippen molar-refractivity contribution >= 4 is 0 Å². The molecule has 2 heterocycles. The van der Waals surface area contributed by atoms with E-state index in [1.165, 1.54) is 0 Å². The molecule has 1 aliphatic heterocycles. The van der Waals surface area contributed by atoms with Gasteiger partial charge in [0.25, 0.3) is 0 Å². The van der Waals surface area contributed by atoms with Crippen LogP contribution in [0.2, 0.25) is 0 Å². The van der Waals surface area contributed by atoms with Crippen LogP contribution in [-0.4, -0.2) is 22.5 Å². The molecule has 3 unspecified atom stereocenters. The third-order valence-electron chi connectivity index (χ3n) is 2.96. The van der Waals surface area contributed by atoms with Crippen molar-refractivity contribution in [2.45, 2.75) is 25.5 Å². The van der Waals surface area contributed by atoms with E-state index >= 15 is 0 Å². The van der Waals surface area contributed by atoms with Crippen LogP contribution in [0.5, 0.6) is 0 Å². The van der Waals surface area contributed by atoms with Crippen molar-refractivity contribution < 1.29 is 4.74 Å². The van der Waals surface area contributed by atoms with Gasteiger partial charge in [-0.05, 0) is 13.3 Å². The van der Waals surface area contributed by atoms with Crippen molar-refractivity contribution in [3.05, 3.63) is 18.0 Å². The molecule has 0 aliphatic carbocycles. The van der Waals surface area contributed by atoms with E-state index in [0.29, 0.717) is 12.0 Å². The Bertz CT molecular complexity index is 325. The minimum absolute atomic E-state index is 0.142. The standard InChI is InChI=1S/C10H18N4O/c1-7-3-8(6-15-7)10(13-11)9-4-12-14(2)5-9/h4-5,7-8,10,13H,3,6,11H2,1-2H3. The number of rotatable bonds is 3. The molecular weight excluding hydrogens is 192 g/mol. The maximum absolute atomic E-state index is 5.60. The molecule has 3 N–H and O–H groups in total. The molecule has 5 nitrogen and oxygen atoms in total. The molecule has 0 amide bonds. The van der Waals surface area contributed by atoms with Crippen molar-refractivity contribution in [1.29, 1.82) is 0 Å². The summed E-state index contributed by atoms with van der Waals surface area (Å²) in [4.78, 5) is 0. The Balaban J connectivity index is 2.10. The first kappa shape index (κ1) is 10.6. The molecule has 0 bridgehead atoms. The van der Waals surface area contributed by atoms with Crippen molar-refractivity contribution in [2.24, 2.45) is 18.8 Å². The summed E-state index contributed by atoms with van der Waals surface area (Å²) in [6.07, 6.45) is 5.23. The van der Waals surface area contributed by atoms with Crippen LogP contribution in [0, 0.1) is 5.92 Å². The van der Waals surface area contributed by atoms with E-state index < -0.39 is 0 Å². The summed E-state index contributed by atoms with van der Waals surface area (Å²) in [6, 6.07) is 0.142. The van der Waals surface area contributed by atoms with Crippen molar-refractivity contribution in [3.63, 3.8) is 0 Å². The van der Waals surface area contributed by atoms with Gasteiger partial charge >= 0.3 is 0 Å². The monoisotopic (exact) mass is 210 g/mol. The van der Waals surface area contributed by atoms with E-state index in [1.807, 2.05) is 19.4 Å². The number of hydrogen-bond donors (Lipinski definition) is 2. The van der Waals surface area contributed by atoms with Crippen LogP contribution >= 0.6 is 0 Å². The van der Waals surface area contributed by atoms with E-state index in [1.54, 1.807) is 4.68 Å². The summed E-state index contributed by atoms with van der Waals surface area (Å²) in [5.41, 5.74) is 3.99. The highest BCUT2D eigenvalue weighted by Gasteiger charge is 2.30. The normalized spacial score (nSPS) is 28.2. The van der Waals surface area contributed by atoms with E-state index in [2.05, 4.69) is 17.4 Å². The summed E-state index contributed by atoms with van der Waals surface area (Å²) in [5, 5.41) is 4.16. The Morgan fingerprint density at radius 2 is 2.53 bits per heavy atom. The zero-order chi connectivity index (χ0) is 10.8. The predicted octanol–water partition coefficient (Wildman–Crippen LogP) is 0.350. The van der Waals surface area contributed by atoms with Gasteiger partial charge in [-0.25, -0.2) is 0 Å². The number of aryl methyl sites for hydroxylation is 1. The fourth-order valence-electron chi connectivity index (χ4n) is 2.19. The zero-order valence-corrected chi connectivity index (χ0v) is 9.18. The summed E-state index contributed by atoms with van der Waals surface area (Å²) < 4.78 is 7.34. The molecule has 1 aromatic rings. The molecule has 84 valence electrons. The second-order valence-corrected chi connectivity index (χ2v) is 4.23. The number of aromatic nitrogens is 2. The average Bonchev–Trinajstić information content (AvgIpc) is 2.78. The summed E-state index contributed by atoms with van der Waals surface area (Å²) in [7, 11) is 1.91. The van der Waals surface area contributed by atoms with Crippen molar-refractivity contribution in [2.75, 3.05) is 6.61 Å². The van der Waals surface area contributed by atoms with Crippen LogP contribution in [0.25, 0.3) is 0 Å². The smallest absolute Gasteiger partial charge is 0.0551 e. The molecule has 5 heteroatoms. The first-order valence-corrected chi connectivity index (χ1v) is 5.27. The lowest BCUT2D eigenvalue weighted by molar-refractivity contribution is 0.117. The van der Waals surface area contributed by atoms with Gasteiger partial charge < -0.3 is 4.74 Å². The van der Waals surface area contributed by atoms with Crippen LogP contribution in [0.1, 0.15) is 24.9 Å². The maximum Gasteiger partial charge on any atom is 0.0551 e. The van der Waals surface area contributed by atoms with Crippen LogP contribution in [0.15, 0.2) is 12.4 Å². The number of nitrogens with one attached hydrogen (secondary N) is 1. The molecule has 0 saturated carbocycles. The molecule has 0 aromatic carbocycles. The van der Waals surface area contributed by atoms with Gasteiger partial charge in [-0.15, -0.1) is 0 Å². The molecule has 15 heavy (non-hydrogen) atoms. The lowest BCUT2D eigenvalue weighted by Crippen LogP contribution is -2.33. The Labute approximate surface area is 89.6 Å². The van der Waals surface area contributed by atoms with Crippen LogP contribution in [-0.2, 0) is 11.8 Å². The number of ether oxygens (including phenoxy) is 1. The molecule has 1 aliphatic rings. The van der Waals surface area contributed by atoms with Gasteiger partial charge in [0, 0.05) is 24.7 Å². The van der Waals surface area contributed by atoms with Gasteiger partial charge in [0.05, 0.1) is 24.9 Å². The molecule has 2 rings (SSSR count). The highest BCUT2D eigenvalue weighted by atomic mass is 16.5. The van der Waals surface area contributed by atoms with Crippen molar-refractivity contribution in [1.82, 2.24) is 15.2 Å². The van der Waals surface area contributed by atoms with Gasteiger partial charge in [-0.2, -0.15) is 5.10 Å². The summed E-state index contributed by atoms with van der Waals surface area (Å²) >= 11 is 0. The second-order valence-electron chi connectivity index (χ2n) is 4.23. The Morgan fingerprint density at radius 3 is 3.00 bits per heavy atom. The molecule has 0 radical (unpaired) electrons. The van der Waals surface area contributed by atoms with E-state index in [0.717, 1.165) is 18.6 Å². The van der Waals surface area contributed by atoms with E-state index in [9.17, 15) is 0 Å². The first-order valence-electron chi connectivity index (χ1n) is 5.27. The van der Waals surface area contributed by atoms with Crippen LogP contribution < -0.4 is 11.3 Å². The van der Waals surface area contributed by atoms with Gasteiger partial charge in [-0.3, -0.25) is 16.0 Å². The number of hydrogen-bond acceptors (Lipinski definition) is 4. The zero-order valence-electron chi connectivity index (χ0n) is 9.18. The second kappa shape index (κ2) is 4.30. The van der Waals surface area contributed by atoms with Gasteiger partial charge in [-0.1, -0.05) is 0 Å².